The maximum absolute atomic E-state index is 11.4. The van der Waals surface area contributed by atoms with Crippen LogP contribution in [0.5, 0.6) is 0 Å². The summed E-state index contributed by atoms with van der Waals surface area (Å²) in [4.78, 5) is 15.4. The van der Waals surface area contributed by atoms with Crippen LogP contribution in [0.15, 0.2) is 10.6 Å². The maximum Gasteiger partial charge on any atom is 0.312 e. The Labute approximate surface area is 95.2 Å². The second kappa shape index (κ2) is 5.12. The van der Waals surface area contributed by atoms with Crippen molar-refractivity contribution in [3.63, 3.8) is 0 Å². The lowest BCUT2D eigenvalue weighted by molar-refractivity contribution is -0.150. The van der Waals surface area contributed by atoms with E-state index >= 15 is 0 Å². The van der Waals surface area contributed by atoms with E-state index in [1.165, 1.54) is 7.11 Å². The molecule has 1 aromatic rings. The third kappa shape index (κ3) is 3.34. The quantitative estimate of drug-likeness (QED) is 0.766. The van der Waals surface area contributed by atoms with Gasteiger partial charge in [-0.05, 0) is 20.8 Å². The monoisotopic (exact) mass is 226 g/mol. The molecule has 0 amide bonds. The number of hydrogen-bond donors (Lipinski definition) is 1. The fourth-order valence-electron chi connectivity index (χ4n) is 1.31. The van der Waals surface area contributed by atoms with Gasteiger partial charge in [-0.25, -0.2) is 4.98 Å². The number of hydrogen-bond acceptors (Lipinski definition) is 5. The number of ether oxygens (including phenoxy) is 1. The van der Waals surface area contributed by atoms with E-state index in [-0.39, 0.29) is 5.97 Å². The van der Waals surface area contributed by atoms with Crippen LogP contribution in [0.1, 0.15) is 25.5 Å². The van der Waals surface area contributed by atoms with E-state index < -0.39 is 5.41 Å². The Bertz CT molecular complexity index is 358. The fourth-order valence-corrected chi connectivity index (χ4v) is 1.31. The molecule has 0 bridgehead atoms. The fraction of sp³-hybridized carbons (Fsp3) is 0.636. The number of esters is 1. The molecule has 0 aliphatic heterocycles. The van der Waals surface area contributed by atoms with Gasteiger partial charge >= 0.3 is 5.97 Å². The number of aryl methyl sites for hydroxylation is 1. The Kier molecular flexibility index (Phi) is 4.06. The Morgan fingerprint density at radius 3 is 2.81 bits per heavy atom. The molecule has 0 unspecified atom stereocenters. The van der Waals surface area contributed by atoms with Crippen LogP contribution in [-0.2, 0) is 16.1 Å². The second-order valence-electron chi connectivity index (χ2n) is 4.34. The van der Waals surface area contributed by atoms with E-state index in [1.807, 2.05) is 20.8 Å². The van der Waals surface area contributed by atoms with Crippen LogP contribution in [0.2, 0.25) is 0 Å². The van der Waals surface area contributed by atoms with Crippen LogP contribution in [-0.4, -0.2) is 24.6 Å². The van der Waals surface area contributed by atoms with Gasteiger partial charge in [-0.2, -0.15) is 0 Å². The molecule has 0 saturated heterocycles. The zero-order valence-electron chi connectivity index (χ0n) is 10.2. The smallest absolute Gasteiger partial charge is 0.312 e. The van der Waals surface area contributed by atoms with Crippen molar-refractivity contribution < 1.29 is 13.9 Å². The average molecular weight is 226 g/mol. The lowest BCUT2D eigenvalue weighted by Crippen LogP contribution is -2.36. The topological polar surface area (TPSA) is 64.4 Å². The zero-order chi connectivity index (χ0) is 12.2. The van der Waals surface area contributed by atoms with Gasteiger partial charge in [0.05, 0.1) is 25.3 Å². The molecule has 0 fully saturated rings. The van der Waals surface area contributed by atoms with E-state index in [1.54, 1.807) is 6.20 Å². The SMILES string of the molecule is COC(=O)C(C)(C)CNCc1ncc(C)o1. The number of carbonyl (C=O) groups is 1. The largest absolute Gasteiger partial charge is 0.469 e. The molecule has 1 heterocycles. The van der Waals surface area contributed by atoms with E-state index in [4.69, 9.17) is 9.15 Å². The van der Waals surface area contributed by atoms with Crippen LogP contribution < -0.4 is 5.32 Å². The summed E-state index contributed by atoms with van der Waals surface area (Å²) >= 11 is 0. The first-order valence-corrected chi connectivity index (χ1v) is 5.16. The molecule has 0 atom stereocenters. The van der Waals surface area contributed by atoms with Crippen molar-refractivity contribution in [2.75, 3.05) is 13.7 Å². The molecule has 1 rings (SSSR count). The lowest BCUT2D eigenvalue weighted by atomic mass is 9.94. The molecule has 0 aliphatic carbocycles. The number of oxazole rings is 1. The molecule has 0 spiro atoms. The summed E-state index contributed by atoms with van der Waals surface area (Å²) in [7, 11) is 1.39. The summed E-state index contributed by atoms with van der Waals surface area (Å²) in [6.07, 6.45) is 1.67. The van der Waals surface area contributed by atoms with Gasteiger partial charge in [0, 0.05) is 6.54 Å². The van der Waals surface area contributed by atoms with E-state index in [9.17, 15) is 4.79 Å². The van der Waals surface area contributed by atoms with Crippen LogP contribution in [0, 0.1) is 12.3 Å². The molecule has 16 heavy (non-hydrogen) atoms. The van der Waals surface area contributed by atoms with Crippen molar-refractivity contribution >= 4 is 5.97 Å². The number of methoxy groups -OCH3 is 1. The summed E-state index contributed by atoms with van der Waals surface area (Å²) in [5.74, 6) is 1.17. The highest BCUT2D eigenvalue weighted by Crippen LogP contribution is 2.15. The van der Waals surface area contributed by atoms with Gasteiger partial charge in [0.2, 0.25) is 5.89 Å². The Morgan fingerprint density at radius 1 is 1.62 bits per heavy atom. The van der Waals surface area contributed by atoms with Crippen molar-refractivity contribution in [3.05, 3.63) is 17.8 Å². The van der Waals surface area contributed by atoms with Gasteiger partial charge in [-0.3, -0.25) is 4.79 Å². The summed E-state index contributed by atoms with van der Waals surface area (Å²) in [6.45, 7) is 6.52. The molecular weight excluding hydrogens is 208 g/mol. The van der Waals surface area contributed by atoms with Gasteiger partial charge in [0.15, 0.2) is 0 Å². The third-order valence-corrected chi connectivity index (χ3v) is 2.25. The molecule has 90 valence electrons. The molecule has 0 aromatic carbocycles. The minimum Gasteiger partial charge on any atom is -0.469 e. The average Bonchev–Trinajstić information content (AvgIpc) is 2.62. The molecule has 0 saturated carbocycles. The van der Waals surface area contributed by atoms with Crippen LogP contribution >= 0.6 is 0 Å². The second-order valence-corrected chi connectivity index (χ2v) is 4.34. The zero-order valence-corrected chi connectivity index (χ0v) is 10.2. The summed E-state index contributed by atoms with van der Waals surface area (Å²) in [5.41, 5.74) is -0.545. The molecule has 1 aromatic heterocycles. The number of aromatic nitrogens is 1. The number of carbonyl (C=O) groups excluding carboxylic acids is 1. The highest BCUT2D eigenvalue weighted by molar-refractivity contribution is 5.76. The predicted molar refractivity (Wildman–Crippen MR) is 58.7 cm³/mol. The first-order chi connectivity index (χ1) is 7.45. The molecular formula is C11H18N2O3. The summed E-state index contributed by atoms with van der Waals surface area (Å²) in [5, 5.41) is 3.11. The van der Waals surface area contributed by atoms with Gasteiger partial charge < -0.3 is 14.5 Å². The number of nitrogens with one attached hydrogen (secondary N) is 1. The van der Waals surface area contributed by atoms with Crippen LogP contribution in [0.3, 0.4) is 0 Å². The first-order valence-electron chi connectivity index (χ1n) is 5.16. The standard InChI is InChI=1S/C11H18N2O3/c1-8-5-13-9(16-8)6-12-7-11(2,3)10(14)15-4/h5,12H,6-7H2,1-4H3. The first kappa shape index (κ1) is 12.7. The Hall–Kier alpha value is -1.36. The van der Waals surface area contributed by atoms with Crippen molar-refractivity contribution in [1.82, 2.24) is 10.3 Å². The summed E-state index contributed by atoms with van der Waals surface area (Å²) in [6, 6.07) is 0. The summed E-state index contributed by atoms with van der Waals surface area (Å²) < 4.78 is 10.00. The Morgan fingerprint density at radius 2 is 2.31 bits per heavy atom. The minimum absolute atomic E-state index is 0.233. The van der Waals surface area contributed by atoms with Crippen molar-refractivity contribution in [2.24, 2.45) is 5.41 Å². The third-order valence-electron chi connectivity index (χ3n) is 2.25. The normalized spacial score (nSPS) is 11.5. The van der Waals surface area contributed by atoms with Crippen molar-refractivity contribution in [3.8, 4) is 0 Å². The molecule has 5 nitrogen and oxygen atoms in total. The van der Waals surface area contributed by atoms with Crippen LogP contribution in [0.4, 0.5) is 0 Å². The molecule has 0 radical (unpaired) electrons. The van der Waals surface area contributed by atoms with Gasteiger partial charge in [-0.15, -0.1) is 0 Å². The van der Waals surface area contributed by atoms with E-state index in [0.29, 0.717) is 19.0 Å². The lowest BCUT2D eigenvalue weighted by Gasteiger charge is -2.21. The van der Waals surface area contributed by atoms with Crippen molar-refractivity contribution in [1.29, 1.82) is 0 Å². The molecule has 5 heteroatoms. The van der Waals surface area contributed by atoms with Gasteiger partial charge in [-0.1, -0.05) is 0 Å². The molecule has 1 N–H and O–H groups in total. The van der Waals surface area contributed by atoms with Crippen LogP contribution in [0.25, 0.3) is 0 Å². The predicted octanol–water partition coefficient (Wildman–Crippen LogP) is 1.27. The highest BCUT2D eigenvalue weighted by Gasteiger charge is 2.28. The van der Waals surface area contributed by atoms with Crippen molar-refractivity contribution in [2.45, 2.75) is 27.3 Å². The molecule has 0 aliphatic rings. The number of nitrogens with zero attached hydrogens (tertiary/aromatic N) is 1. The highest BCUT2D eigenvalue weighted by atomic mass is 16.5. The van der Waals surface area contributed by atoms with Gasteiger partial charge in [0.1, 0.15) is 5.76 Å². The van der Waals surface area contributed by atoms with E-state index in [2.05, 4.69) is 10.3 Å². The number of rotatable bonds is 5. The van der Waals surface area contributed by atoms with E-state index in [0.717, 1.165) is 5.76 Å². The maximum atomic E-state index is 11.4. The minimum atomic E-state index is -0.545. The van der Waals surface area contributed by atoms with Gasteiger partial charge in [0.25, 0.3) is 0 Å². The Balaban J connectivity index is 2.38.